The van der Waals surface area contributed by atoms with E-state index in [0.29, 0.717) is 24.8 Å². The number of aliphatic hydroxyl groups is 1. The minimum atomic E-state index is -2.42. The van der Waals surface area contributed by atoms with E-state index in [2.05, 4.69) is 6.58 Å². The molecule has 0 aliphatic heterocycles. The van der Waals surface area contributed by atoms with Crippen LogP contribution in [0.1, 0.15) is 38.2 Å². The third-order valence-corrected chi connectivity index (χ3v) is 6.04. The highest BCUT2D eigenvalue weighted by atomic mass is 19.2. The van der Waals surface area contributed by atoms with E-state index in [9.17, 15) is 31.9 Å². The fourth-order valence-corrected chi connectivity index (χ4v) is 4.58. The average Bonchev–Trinajstić information content (AvgIpc) is 2.67. The van der Waals surface area contributed by atoms with Crippen molar-refractivity contribution in [2.45, 2.75) is 38.7 Å². The van der Waals surface area contributed by atoms with Crippen molar-refractivity contribution in [1.82, 2.24) is 0 Å². The predicted octanol–water partition coefficient (Wildman–Crippen LogP) is 5.32. The molecule has 2 aliphatic carbocycles. The second-order valence-corrected chi connectivity index (χ2v) is 7.37. The lowest BCUT2D eigenvalue weighted by Gasteiger charge is -2.50. The number of carbonyl (C=O) groups is 1. The molecule has 1 aromatic rings. The summed E-state index contributed by atoms with van der Waals surface area (Å²) in [6.45, 7) is 5.02. The van der Waals surface area contributed by atoms with E-state index < -0.39 is 69.3 Å². The first kappa shape index (κ1) is 21.4. The Labute approximate surface area is 163 Å². The van der Waals surface area contributed by atoms with Crippen LogP contribution in [-0.4, -0.2) is 17.0 Å². The van der Waals surface area contributed by atoms with E-state index in [0.717, 1.165) is 6.08 Å². The van der Waals surface area contributed by atoms with Crippen molar-refractivity contribution in [2.75, 3.05) is 0 Å². The molecular weight excluding hydrogens is 398 g/mol. The molecule has 29 heavy (non-hydrogen) atoms. The van der Waals surface area contributed by atoms with E-state index >= 15 is 4.39 Å². The first-order valence-electron chi connectivity index (χ1n) is 9.05. The molecule has 156 valence electrons. The van der Waals surface area contributed by atoms with Gasteiger partial charge in [-0.1, -0.05) is 18.6 Å². The number of ketones is 1. The van der Waals surface area contributed by atoms with Gasteiger partial charge in [-0.25, -0.2) is 26.3 Å². The Kier molecular flexibility index (Phi) is 5.51. The monoisotopic (exact) mass is 416 g/mol. The normalized spacial score (nSPS) is 28.7. The van der Waals surface area contributed by atoms with Crippen LogP contribution >= 0.6 is 0 Å². The van der Waals surface area contributed by atoms with Gasteiger partial charge >= 0.3 is 0 Å². The fourth-order valence-electron chi connectivity index (χ4n) is 4.58. The van der Waals surface area contributed by atoms with Gasteiger partial charge in [0.2, 0.25) is 5.82 Å². The Hall–Kier alpha value is -2.35. The summed E-state index contributed by atoms with van der Waals surface area (Å²) in [4.78, 5) is 12.6. The van der Waals surface area contributed by atoms with Gasteiger partial charge in [0.15, 0.2) is 29.1 Å². The molecule has 0 amide bonds. The molecule has 1 saturated carbocycles. The maximum absolute atomic E-state index is 15.2. The molecule has 0 spiro atoms. The summed E-state index contributed by atoms with van der Waals surface area (Å²) in [7, 11) is 0. The minimum Gasteiger partial charge on any atom is -0.392 e. The zero-order chi connectivity index (χ0) is 21.7. The molecular formula is C21H18F6O2. The van der Waals surface area contributed by atoms with Crippen LogP contribution in [0.4, 0.5) is 26.3 Å². The van der Waals surface area contributed by atoms with E-state index in [-0.39, 0.29) is 6.42 Å². The first-order chi connectivity index (χ1) is 13.6. The molecule has 2 aliphatic rings. The van der Waals surface area contributed by atoms with Gasteiger partial charge in [-0.3, -0.25) is 4.79 Å². The maximum atomic E-state index is 15.2. The van der Waals surface area contributed by atoms with Crippen LogP contribution in [-0.2, 0) is 4.79 Å². The van der Waals surface area contributed by atoms with Crippen molar-refractivity contribution < 1.29 is 36.2 Å². The second-order valence-electron chi connectivity index (χ2n) is 7.37. The molecule has 8 heteroatoms. The molecule has 0 aromatic heterocycles. The number of halogens is 6. The van der Waals surface area contributed by atoms with Crippen LogP contribution in [0.5, 0.6) is 0 Å². The Bertz CT molecular complexity index is 935. The van der Waals surface area contributed by atoms with Gasteiger partial charge in [-0.15, -0.1) is 6.58 Å². The maximum Gasteiger partial charge on any atom is 0.200 e. The molecule has 3 atom stereocenters. The van der Waals surface area contributed by atoms with Crippen LogP contribution in [0, 0.1) is 40.4 Å². The van der Waals surface area contributed by atoms with Gasteiger partial charge in [-0.05, 0) is 37.7 Å². The number of hydrogen-bond donors (Lipinski definition) is 1. The molecule has 0 saturated heterocycles. The highest BCUT2D eigenvalue weighted by molar-refractivity contribution is 6.10. The molecule has 0 heterocycles. The van der Waals surface area contributed by atoms with Crippen LogP contribution in [0.25, 0.3) is 5.83 Å². The highest BCUT2D eigenvalue weighted by Crippen LogP contribution is 2.55. The molecule has 2 nitrogen and oxygen atoms in total. The lowest BCUT2D eigenvalue weighted by Crippen LogP contribution is -2.48. The fraction of sp³-hybridized carbons (Fsp3) is 0.381. The van der Waals surface area contributed by atoms with Gasteiger partial charge < -0.3 is 5.11 Å². The van der Waals surface area contributed by atoms with Gasteiger partial charge in [0.05, 0.1) is 11.7 Å². The molecule has 1 aromatic carbocycles. The number of carbonyl (C=O) groups excluding carboxylic acids is 1. The lowest BCUT2D eigenvalue weighted by atomic mass is 9.55. The molecule has 0 radical (unpaired) electrons. The molecule has 1 fully saturated rings. The summed E-state index contributed by atoms with van der Waals surface area (Å²) in [6, 6.07) is 0. The van der Waals surface area contributed by atoms with E-state index in [1.165, 1.54) is 13.0 Å². The lowest BCUT2D eigenvalue weighted by molar-refractivity contribution is -0.114. The number of fused-ring (bicyclic) bond motifs is 1. The van der Waals surface area contributed by atoms with Gasteiger partial charge in [0, 0.05) is 11.0 Å². The Morgan fingerprint density at radius 2 is 1.72 bits per heavy atom. The van der Waals surface area contributed by atoms with Crippen LogP contribution in [0.15, 0.2) is 29.9 Å². The third-order valence-electron chi connectivity index (χ3n) is 6.04. The average molecular weight is 416 g/mol. The SMILES string of the molecule is C=CC[C@@]12C(=CC(=O)/C(=C(/F)c3c(F)c(F)c(F)c(F)c3F)[C@@H]1C)CCC[C@@H]2O. The number of aliphatic hydroxyl groups excluding tert-OH is 1. The van der Waals surface area contributed by atoms with Gasteiger partial charge in [0.25, 0.3) is 0 Å². The minimum absolute atomic E-state index is 0.141. The van der Waals surface area contributed by atoms with E-state index in [1.807, 2.05) is 0 Å². The van der Waals surface area contributed by atoms with E-state index in [1.54, 1.807) is 0 Å². The van der Waals surface area contributed by atoms with Crippen molar-refractivity contribution in [3.8, 4) is 0 Å². The van der Waals surface area contributed by atoms with E-state index in [4.69, 9.17) is 0 Å². The zero-order valence-corrected chi connectivity index (χ0v) is 15.5. The number of hydrogen-bond acceptors (Lipinski definition) is 2. The highest BCUT2D eigenvalue weighted by Gasteiger charge is 2.52. The van der Waals surface area contributed by atoms with Crippen molar-refractivity contribution in [3.05, 3.63) is 64.5 Å². The van der Waals surface area contributed by atoms with Crippen LogP contribution < -0.4 is 0 Å². The zero-order valence-electron chi connectivity index (χ0n) is 15.5. The molecule has 0 unspecified atom stereocenters. The Morgan fingerprint density at radius 3 is 2.28 bits per heavy atom. The summed E-state index contributed by atoms with van der Waals surface area (Å²) in [6.07, 6.45) is 3.10. The Balaban J connectivity index is 2.31. The smallest absolute Gasteiger partial charge is 0.200 e. The third kappa shape index (κ3) is 2.96. The Morgan fingerprint density at radius 1 is 1.17 bits per heavy atom. The topological polar surface area (TPSA) is 37.3 Å². The molecule has 1 N–H and O–H groups in total. The van der Waals surface area contributed by atoms with Crippen molar-refractivity contribution in [2.24, 2.45) is 11.3 Å². The summed E-state index contributed by atoms with van der Waals surface area (Å²) in [5.74, 6) is -15.6. The van der Waals surface area contributed by atoms with Crippen molar-refractivity contribution >= 4 is 11.6 Å². The standard InChI is InChI=1S/C21H18F6O2/c1-3-7-21-9(2)13(11(28)8-10(21)5-4-6-12(21)29)15(22)14-16(23)18(25)20(27)19(26)17(14)24/h3,8-9,12,29H,1,4-7H2,2H3/b15-13+/t9-,12-,21-/m0/s1. The van der Waals surface area contributed by atoms with Crippen molar-refractivity contribution in [3.63, 3.8) is 0 Å². The van der Waals surface area contributed by atoms with Gasteiger partial charge in [-0.2, -0.15) is 0 Å². The summed E-state index contributed by atoms with van der Waals surface area (Å²) in [5, 5.41) is 10.7. The predicted molar refractivity (Wildman–Crippen MR) is 93.6 cm³/mol. The first-order valence-corrected chi connectivity index (χ1v) is 9.05. The van der Waals surface area contributed by atoms with Gasteiger partial charge in [0.1, 0.15) is 5.83 Å². The number of allylic oxidation sites excluding steroid dienone is 3. The quantitative estimate of drug-likeness (QED) is 0.238. The number of benzene rings is 1. The summed E-state index contributed by atoms with van der Waals surface area (Å²) < 4.78 is 83.9. The summed E-state index contributed by atoms with van der Waals surface area (Å²) >= 11 is 0. The molecule has 0 bridgehead atoms. The van der Waals surface area contributed by atoms with Crippen molar-refractivity contribution in [1.29, 1.82) is 0 Å². The molecule has 3 rings (SSSR count). The second kappa shape index (κ2) is 7.48. The van der Waals surface area contributed by atoms with Crippen LogP contribution in [0.3, 0.4) is 0 Å². The van der Waals surface area contributed by atoms with Crippen LogP contribution in [0.2, 0.25) is 0 Å². The number of rotatable bonds is 3. The summed E-state index contributed by atoms with van der Waals surface area (Å²) in [5.41, 5.74) is -3.11. The largest absolute Gasteiger partial charge is 0.392 e.